The molecule has 0 aromatic heterocycles. The molecule has 0 aromatic rings. The van der Waals surface area contributed by atoms with Gasteiger partial charge < -0.3 is 35.5 Å². The SMILES string of the molecule is CCCNC(=O)CC(C)(C)OCC(C)(C)CNC(=O)CC[C@H](NC(=O)OC(C)(C)C)C(=O)NCC(C)(C)COC. The summed E-state index contributed by atoms with van der Waals surface area (Å²) in [6, 6.07) is -0.949. The average Bonchev–Trinajstić information content (AvgIpc) is 2.80. The zero-order chi connectivity index (χ0) is 31.2. The van der Waals surface area contributed by atoms with E-state index in [4.69, 9.17) is 14.2 Å². The largest absolute Gasteiger partial charge is 0.444 e. The van der Waals surface area contributed by atoms with E-state index < -0.39 is 34.7 Å². The molecule has 0 spiro atoms. The van der Waals surface area contributed by atoms with Crippen molar-refractivity contribution in [3.05, 3.63) is 0 Å². The van der Waals surface area contributed by atoms with Gasteiger partial charge in [0.05, 0.1) is 25.2 Å². The number of carbonyl (C=O) groups is 4. The van der Waals surface area contributed by atoms with E-state index in [0.717, 1.165) is 6.42 Å². The standard InChI is InChI=1S/C29H56N4O7/c1-12-15-30-23(35)16-29(9,10)39-20-28(7,8)17-31-22(34)14-13-21(33-25(37)40-26(2,3)4)24(36)32-18-27(5,6)19-38-11/h21H,12-20H2,1-11H3,(H,30,35)(H,31,34)(H,32,36)(H,33,37)/t21-/m0/s1. The number of hydrogen-bond donors (Lipinski definition) is 4. The van der Waals surface area contributed by atoms with Gasteiger partial charge in [-0.3, -0.25) is 14.4 Å². The summed E-state index contributed by atoms with van der Waals surface area (Å²) in [5.41, 5.74) is -2.08. The number of alkyl carbamates (subject to hydrolysis) is 1. The molecule has 0 saturated carbocycles. The zero-order valence-corrected chi connectivity index (χ0v) is 26.8. The van der Waals surface area contributed by atoms with Gasteiger partial charge in [0.1, 0.15) is 11.6 Å². The summed E-state index contributed by atoms with van der Waals surface area (Å²) in [4.78, 5) is 50.1. The van der Waals surface area contributed by atoms with Crippen LogP contribution < -0.4 is 21.3 Å². The van der Waals surface area contributed by atoms with Gasteiger partial charge in [0.15, 0.2) is 0 Å². The fraction of sp³-hybridized carbons (Fsp3) is 0.862. The van der Waals surface area contributed by atoms with Gasteiger partial charge in [0.25, 0.3) is 0 Å². The molecule has 4 amide bonds. The lowest BCUT2D eigenvalue weighted by molar-refractivity contribution is -0.129. The van der Waals surface area contributed by atoms with Crippen molar-refractivity contribution in [1.82, 2.24) is 21.3 Å². The maximum Gasteiger partial charge on any atom is 0.408 e. The minimum Gasteiger partial charge on any atom is -0.444 e. The van der Waals surface area contributed by atoms with E-state index in [1.54, 1.807) is 27.9 Å². The zero-order valence-electron chi connectivity index (χ0n) is 26.8. The third kappa shape index (κ3) is 18.8. The molecule has 0 saturated heterocycles. The molecule has 4 N–H and O–H groups in total. The van der Waals surface area contributed by atoms with Gasteiger partial charge in [0.2, 0.25) is 17.7 Å². The van der Waals surface area contributed by atoms with Gasteiger partial charge in [-0.25, -0.2) is 4.79 Å². The highest BCUT2D eigenvalue weighted by Gasteiger charge is 2.29. The monoisotopic (exact) mass is 572 g/mol. The van der Waals surface area contributed by atoms with Gasteiger partial charge in [-0.1, -0.05) is 34.6 Å². The van der Waals surface area contributed by atoms with Crippen molar-refractivity contribution in [2.75, 3.05) is 40.0 Å². The highest BCUT2D eigenvalue weighted by molar-refractivity contribution is 5.86. The number of nitrogens with one attached hydrogen (secondary N) is 4. The summed E-state index contributed by atoms with van der Waals surface area (Å²) >= 11 is 0. The number of carbonyl (C=O) groups excluding carboxylic acids is 4. The van der Waals surface area contributed by atoms with Gasteiger partial charge in [0, 0.05) is 44.0 Å². The maximum absolute atomic E-state index is 12.9. The molecule has 0 unspecified atom stereocenters. The quantitative estimate of drug-likeness (QED) is 0.197. The summed E-state index contributed by atoms with van der Waals surface area (Å²) in [6.07, 6.45) is 0.503. The second-order valence-electron chi connectivity index (χ2n) is 13.6. The molecular weight excluding hydrogens is 516 g/mol. The van der Waals surface area contributed by atoms with Crippen molar-refractivity contribution >= 4 is 23.8 Å². The van der Waals surface area contributed by atoms with Crippen LogP contribution in [-0.4, -0.2) is 81.0 Å². The summed E-state index contributed by atoms with van der Waals surface area (Å²) in [5, 5.41) is 11.2. The first-order valence-corrected chi connectivity index (χ1v) is 14.1. The Hall–Kier alpha value is -2.40. The second-order valence-corrected chi connectivity index (χ2v) is 13.6. The Morgan fingerprint density at radius 1 is 0.775 bits per heavy atom. The normalized spacial score (nSPS) is 13.3. The Bertz CT molecular complexity index is 820. The molecule has 0 rings (SSSR count). The third-order valence-corrected chi connectivity index (χ3v) is 5.72. The van der Waals surface area contributed by atoms with Crippen LogP contribution in [0.3, 0.4) is 0 Å². The number of amides is 4. The van der Waals surface area contributed by atoms with Crippen LogP contribution in [0, 0.1) is 10.8 Å². The maximum atomic E-state index is 12.9. The number of methoxy groups -OCH3 is 1. The van der Waals surface area contributed by atoms with E-state index in [9.17, 15) is 19.2 Å². The number of hydrogen-bond acceptors (Lipinski definition) is 7. The molecule has 0 heterocycles. The molecule has 0 aliphatic rings. The Balaban J connectivity index is 4.98. The van der Waals surface area contributed by atoms with Crippen molar-refractivity contribution in [3.63, 3.8) is 0 Å². The van der Waals surface area contributed by atoms with E-state index >= 15 is 0 Å². The van der Waals surface area contributed by atoms with Gasteiger partial charge >= 0.3 is 6.09 Å². The van der Waals surface area contributed by atoms with Gasteiger partial charge in [-0.2, -0.15) is 0 Å². The fourth-order valence-electron chi connectivity index (χ4n) is 3.52. The Morgan fingerprint density at radius 2 is 1.35 bits per heavy atom. The number of ether oxygens (including phenoxy) is 3. The Labute approximate surface area is 241 Å². The van der Waals surface area contributed by atoms with Crippen LogP contribution in [0.1, 0.15) is 94.9 Å². The fourth-order valence-corrected chi connectivity index (χ4v) is 3.52. The lowest BCUT2D eigenvalue weighted by Gasteiger charge is -2.32. The molecule has 0 fully saturated rings. The Morgan fingerprint density at radius 3 is 1.90 bits per heavy atom. The van der Waals surface area contributed by atoms with E-state index in [-0.39, 0.29) is 36.5 Å². The molecular formula is C29H56N4O7. The lowest BCUT2D eigenvalue weighted by Crippen LogP contribution is -2.50. The molecule has 0 radical (unpaired) electrons. The molecule has 0 aliphatic heterocycles. The summed E-state index contributed by atoms with van der Waals surface area (Å²) in [5.74, 6) is -0.713. The highest BCUT2D eigenvalue weighted by atomic mass is 16.6. The molecule has 11 heteroatoms. The van der Waals surface area contributed by atoms with Crippen LogP contribution in [0.2, 0.25) is 0 Å². The minimum atomic E-state index is -0.949. The topological polar surface area (TPSA) is 144 Å². The van der Waals surface area contributed by atoms with E-state index in [0.29, 0.717) is 32.8 Å². The lowest BCUT2D eigenvalue weighted by atomic mass is 9.93. The van der Waals surface area contributed by atoms with Crippen LogP contribution in [0.4, 0.5) is 4.79 Å². The van der Waals surface area contributed by atoms with E-state index in [2.05, 4.69) is 21.3 Å². The first-order valence-electron chi connectivity index (χ1n) is 14.1. The first-order chi connectivity index (χ1) is 18.2. The van der Waals surface area contributed by atoms with Crippen molar-refractivity contribution in [1.29, 1.82) is 0 Å². The van der Waals surface area contributed by atoms with Crippen LogP contribution in [0.25, 0.3) is 0 Å². The van der Waals surface area contributed by atoms with Crippen LogP contribution in [-0.2, 0) is 28.6 Å². The van der Waals surface area contributed by atoms with Gasteiger partial charge in [-0.15, -0.1) is 0 Å². The van der Waals surface area contributed by atoms with Gasteiger partial charge in [-0.05, 0) is 47.5 Å². The van der Waals surface area contributed by atoms with E-state index in [1.807, 2.05) is 48.5 Å². The first kappa shape index (κ1) is 37.6. The van der Waals surface area contributed by atoms with Crippen LogP contribution >= 0.6 is 0 Å². The molecule has 0 aromatic carbocycles. The van der Waals surface area contributed by atoms with Crippen LogP contribution in [0.5, 0.6) is 0 Å². The minimum absolute atomic E-state index is 0.0232. The molecule has 0 bridgehead atoms. The molecule has 234 valence electrons. The third-order valence-electron chi connectivity index (χ3n) is 5.72. The summed E-state index contributed by atoms with van der Waals surface area (Å²) in [6.45, 7) is 20.8. The predicted molar refractivity (Wildman–Crippen MR) is 156 cm³/mol. The highest BCUT2D eigenvalue weighted by Crippen LogP contribution is 2.22. The average molecular weight is 573 g/mol. The second kappa shape index (κ2) is 16.8. The molecule has 40 heavy (non-hydrogen) atoms. The molecule has 0 aliphatic carbocycles. The molecule has 1 atom stereocenters. The van der Waals surface area contributed by atoms with Crippen LogP contribution in [0.15, 0.2) is 0 Å². The van der Waals surface area contributed by atoms with E-state index in [1.165, 1.54) is 0 Å². The van der Waals surface area contributed by atoms with Crippen molar-refractivity contribution in [2.24, 2.45) is 10.8 Å². The summed E-state index contributed by atoms with van der Waals surface area (Å²) < 4.78 is 16.5. The summed E-state index contributed by atoms with van der Waals surface area (Å²) in [7, 11) is 1.59. The number of rotatable bonds is 18. The van der Waals surface area contributed by atoms with Crippen molar-refractivity contribution < 1.29 is 33.4 Å². The predicted octanol–water partition coefficient (Wildman–Crippen LogP) is 3.30. The van der Waals surface area contributed by atoms with Crippen molar-refractivity contribution in [3.8, 4) is 0 Å². The Kier molecular flexibility index (Phi) is 15.8. The smallest absolute Gasteiger partial charge is 0.408 e. The van der Waals surface area contributed by atoms with Crippen molar-refractivity contribution in [2.45, 2.75) is 112 Å². The molecule has 11 nitrogen and oxygen atoms in total.